The van der Waals surface area contributed by atoms with Gasteiger partial charge < -0.3 is 10.1 Å². The lowest BCUT2D eigenvalue weighted by Crippen LogP contribution is -2.22. The second-order valence-corrected chi connectivity index (χ2v) is 4.38. The molecule has 2 aromatic rings. The fraction of sp³-hybridized carbons (Fsp3) is 0.231. The number of aromatic nitrogens is 1. The molecule has 94 valence electrons. The monoisotopic (exact) mass is 262 g/mol. The predicted molar refractivity (Wildman–Crippen MR) is 70.9 cm³/mol. The quantitative estimate of drug-likeness (QED) is 0.900. The van der Waals surface area contributed by atoms with Crippen molar-refractivity contribution in [2.24, 2.45) is 0 Å². The molecule has 0 aliphatic carbocycles. The Bertz CT molecular complexity index is 511. The summed E-state index contributed by atoms with van der Waals surface area (Å²) in [7, 11) is 0. The molecule has 0 bridgehead atoms. The number of hydrogen-bond donors (Lipinski definition) is 1. The number of thiophene rings is 1. The molecule has 2 heterocycles. The van der Waals surface area contributed by atoms with Crippen molar-refractivity contribution in [2.75, 3.05) is 6.61 Å². The van der Waals surface area contributed by atoms with Crippen LogP contribution < -0.4 is 10.1 Å². The van der Waals surface area contributed by atoms with Crippen molar-refractivity contribution in [3.05, 3.63) is 46.3 Å². The van der Waals surface area contributed by atoms with Gasteiger partial charge in [0, 0.05) is 29.2 Å². The number of pyridine rings is 1. The van der Waals surface area contributed by atoms with E-state index in [1.165, 1.54) is 11.3 Å². The number of ether oxygens (including phenoxy) is 1. The Morgan fingerprint density at radius 2 is 2.39 bits per heavy atom. The van der Waals surface area contributed by atoms with Gasteiger partial charge in [-0.25, -0.2) is 4.98 Å². The molecule has 2 aromatic heterocycles. The fourth-order valence-corrected chi connectivity index (χ4v) is 2.13. The molecule has 1 amide bonds. The van der Waals surface area contributed by atoms with E-state index in [1.54, 1.807) is 12.3 Å². The summed E-state index contributed by atoms with van der Waals surface area (Å²) in [6.07, 6.45) is 1.68. The molecule has 5 heteroatoms. The van der Waals surface area contributed by atoms with Crippen LogP contribution in [0.4, 0.5) is 0 Å². The Hall–Kier alpha value is -1.88. The Morgan fingerprint density at radius 1 is 1.50 bits per heavy atom. The van der Waals surface area contributed by atoms with Crippen molar-refractivity contribution < 1.29 is 9.53 Å². The molecule has 4 nitrogen and oxygen atoms in total. The van der Waals surface area contributed by atoms with E-state index in [1.807, 2.05) is 29.8 Å². The summed E-state index contributed by atoms with van der Waals surface area (Å²) in [5.74, 6) is 0.494. The van der Waals surface area contributed by atoms with Gasteiger partial charge in [0.25, 0.3) is 5.91 Å². The smallest absolute Gasteiger partial charge is 0.252 e. The average molecular weight is 262 g/mol. The second kappa shape index (κ2) is 6.16. The third kappa shape index (κ3) is 3.07. The number of carbonyl (C=O) groups excluding carboxylic acids is 1. The number of hydrogen-bond acceptors (Lipinski definition) is 4. The molecule has 2 rings (SSSR count). The zero-order chi connectivity index (χ0) is 12.8. The van der Waals surface area contributed by atoms with Gasteiger partial charge in [-0.1, -0.05) is 6.07 Å². The molecule has 0 aromatic carbocycles. The first-order chi connectivity index (χ1) is 8.81. The SMILES string of the molecule is CCOc1ncccc1CNC(=O)c1ccsc1. The molecule has 0 aliphatic rings. The summed E-state index contributed by atoms with van der Waals surface area (Å²) >= 11 is 1.50. The fourth-order valence-electron chi connectivity index (χ4n) is 1.50. The standard InChI is InChI=1S/C13H14N2O2S/c1-2-17-13-10(4-3-6-14-13)8-15-12(16)11-5-7-18-9-11/h3-7,9H,2,8H2,1H3,(H,15,16). The normalized spacial score (nSPS) is 10.1. The van der Waals surface area contributed by atoms with E-state index in [0.717, 1.165) is 5.56 Å². The first kappa shape index (κ1) is 12.6. The van der Waals surface area contributed by atoms with Crippen LogP contribution in [0.3, 0.4) is 0 Å². The van der Waals surface area contributed by atoms with Crippen LogP contribution in [0.1, 0.15) is 22.8 Å². The van der Waals surface area contributed by atoms with E-state index in [0.29, 0.717) is 24.6 Å². The third-order valence-electron chi connectivity index (χ3n) is 2.35. The summed E-state index contributed by atoms with van der Waals surface area (Å²) in [5.41, 5.74) is 1.56. The van der Waals surface area contributed by atoms with Gasteiger partial charge >= 0.3 is 0 Å². The van der Waals surface area contributed by atoms with Crippen molar-refractivity contribution in [3.63, 3.8) is 0 Å². The number of carbonyl (C=O) groups is 1. The number of nitrogens with one attached hydrogen (secondary N) is 1. The van der Waals surface area contributed by atoms with Crippen LogP contribution in [-0.4, -0.2) is 17.5 Å². The van der Waals surface area contributed by atoms with Gasteiger partial charge in [0.2, 0.25) is 5.88 Å². The van der Waals surface area contributed by atoms with Gasteiger partial charge in [-0.15, -0.1) is 0 Å². The highest BCUT2D eigenvalue weighted by Crippen LogP contribution is 2.14. The summed E-state index contributed by atoms with van der Waals surface area (Å²) in [6, 6.07) is 5.52. The summed E-state index contributed by atoms with van der Waals surface area (Å²) in [4.78, 5) is 15.9. The van der Waals surface area contributed by atoms with Gasteiger partial charge in [0.05, 0.1) is 6.61 Å². The maximum absolute atomic E-state index is 11.8. The number of amides is 1. The van der Waals surface area contributed by atoms with Crippen molar-refractivity contribution >= 4 is 17.2 Å². The third-order valence-corrected chi connectivity index (χ3v) is 3.04. The Labute approximate surface area is 110 Å². The number of nitrogens with zero attached hydrogens (tertiary/aromatic N) is 1. The molecule has 1 N–H and O–H groups in total. The molecule has 0 saturated carbocycles. The van der Waals surface area contributed by atoms with Crippen LogP contribution in [0.2, 0.25) is 0 Å². The molecule has 18 heavy (non-hydrogen) atoms. The first-order valence-corrected chi connectivity index (χ1v) is 6.62. The minimum absolute atomic E-state index is 0.0810. The van der Waals surface area contributed by atoms with E-state index < -0.39 is 0 Å². The van der Waals surface area contributed by atoms with E-state index in [4.69, 9.17) is 4.74 Å². The zero-order valence-corrected chi connectivity index (χ0v) is 10.9. The molecule has 0 spiro atoms. The van der Waals surface area contributed by atoms with Gasteiger partial charge in [0.1, 0.15) is 0 Å². The highest BCUT2D eigenvalue weighted by atomic mass is 32.1. The van der Waals surface area contributed by atoms with Crippen LogP contribution >= 0.6 is 11.3 Å². The van der Waals surface area contributed by atoms with E-state index in [-0.39, 0.29) is 5.91 Å². The second-order valence-electron chi connectivity index (χ2n) is 3.60. The van der Waals surface area contributed by atoms with Gasteiger partial charge in [0.15, 0.2) is 0 Å². The Balaban J connectivity index is 2.00. The van der Waals surface area contributed by atoms with Crippen molar-refractivity contribution in [2.45, 2.75) is 13.5 Å². The molecule has 0 aliphatic heterocycles. The largest absolute Gasteiger partial charge is 0.478 e. The first-order valence-electron chi connectivity index (χ1n) is 5.68. The highest BCUT2D eigenvalue weighted by molar-refractivity contribution is 7.08. The Morgan fingerprint density at radius 3 is 3.11 bits per heavy atom. The molecular weight excluding hydrogens is 248 g/mol. The zero-order valence-electron chi connectivity index (χ0n) is 10.1. The highest BCUT2D eigenvalue weighted by Gasteiger charge is 2.08. The van der Waals surface area contributed by atoms with Crippen molar-refractivity contribution in [1.29, 1.82) is 0 Å². The van der Waals surface area contributed by atoms with Crippen LogP contribution in [0.15, 0.2) is 35.2 Å². The molecule has 0 unspecified atom stereocenters. The molecule has 0 fully saturated rings. The van der Waals surface area contributed by atoms with Crippen molar-refractivity contribution in [3.8, 4) is 5.88 Å². The topological polar surface area (TPSA) is 51.2 Å². The lowest BCUT2D eigenvalue weighted by Gasteiger charge is -2.09. The number of rotatable bonds is 5. The summed E-state index contributed by atoms with van der Waals surface area (Å²) in [5, 5.41) is 6.55. The summed E-state index contributed by atoms with van der Waals surface area (Å²) in [6.45, 7) is 2.88. The molecule has 0 saturated heterocycles. The minimum atomic E-state index is -0.0810. The lowest BCUT2D eigenvalue weighted by molar-refractivity contribution is 0.0951. The van der Waals surface area contributed by atoms with Gasteiger partial charge in [-0.2, -0.15) is 11.3 Å². The average Bonchev–Trinajstić information content (AvgIpc) is 2.92. The molecular formula is C13H14N2O2S. The maximum atomic E-state index is 11.8. The van der Waals surface area contributed by atoms with Crippen LogP contribution in [-0.2, 0) is 6.54 Å². The predicted octanol–water partition coefficient (Wildman–Crippen LogP) is 2.47. The van der Waals surface area contributed by atoms with Crippen LogP contribution in [0.25, 0.3) is 0 Å². The van der Waals surface area contributed by atoms with E-state index in [9.17, 15) is 4.79 Å². The molecule has 0 radical (unpaired) electrons. The van der Waals surface area contributed by atoms with Crippen molar-refractivity contribution in [1.82, 2.24) is 10.3 Å². The van der Waals surface area contributed by atoms with E-state index in [2.05, 4.69) is 10.3 Å². The van der Waals surface area contributed by atoms with E-state index >= 15 is 0 Å². The lowest BCUT2D eigenvalue weighted by atomic mass is 10.2. The van der Waals surface area contributed by atoms with Crippen LogP contribution in [0.5, 0.6) is 5.88 Å². The summed E-state index contributed by atoms with van der Waals surface area (Å²) < 4.78 is 5.40. The minimum Gasteiger partial charge on any atom is -0.478 e. The molecule has 0 atom stereocenters. The van der Waals surface area contributed by atoms with Crippen LogP contribution in [0, 0.1) is 0 Å². The van der Waals surface area contributed by atoms with Gasteiger partial charge in [-0.05, 0) is 24.4 Å². The van der Waals surface area contributed by atoms with Gasteiger partial charge in [-0.3, -0.25) is 4.79 Å². The Kier molecular flexibility index (Phi) is 4.30. The maximum Gasteiger partial charge on any atom is 0.252 e.